The minimum absolute atomic E-state index is 0.105. The Morgan fingerprint density at radius 3 is 2.46 bits per heavy atom. The maximum absolute atomic E-state index is 12.6. The standard InChI is InChI=1S/C22H24N4O9/c1-9(2)20(30)24-17-13(6-16(22(33)34)35-19(17)18(29)15(28)8-27)26-14(7-23)11-5-10(21(31)32)3-4-12(11)25-26/h3-6,9,13,15,17-19,27-29H,8H2,1-2H3,(H,24,30)(H,31,32)(H,33,34)/t13-,15+,17+,18+,19+/m0/s1. The van der Waals surface area contributed by atoms with Crippen molar-refractivity contribution >= 4 is 28.7 Å². The van der Waals surface area contributed by atoms with Crippen molar-refractivity contribution in [2.75, 3.05) is 6.61 Å². The molecule has 0 spiro atoms. The molecular formula is C22H24N4O9. The van der Waals surface area contributed by atoms with E-state index in [4.69, 9.17) is 4.74 Å². The SMILES string of the molecule is CC(C)C(=O)N[C@H]1[C@H]([C@H](O)[C@H](O)CO)OC(C(=O)O)=C[C@@H]1n1nc2ccc(C(=O)O)cc2c1C#N. The molecule has 5 atom stereocenters. The Hall–Kier alpha value is -3.99. The summed E-state index contributed by atoms with van der Waals surface area (Å²) in [7, 11) is 0. The molecule has 13 nitrogen and oxygen atoms in total. The highest BCUT2D eigenvalue weighted by molar-refractivity contribution is 5.95. The quantitative estimate of drug-likeness (QED) is 0.275. The van der Waals surface area contributed by atoms with E-state index in [9.17, 15) is 45.2 Å². The Morgan fingerprint density at radius 2 is 1.91 bits per heavy atom. The van der Waals surface area contributed by atoms with Crippen LogP contribution in [0.2, 0.25) is 0 Å². The third kappa shape index (κ3) is 4.94. The van der Waals surface area contributed by atoms with E-state index in [0.29, 0.717) is 0 Å². The molecule has 1 aliphatic rings. The van der Waals surface area contributed by atoms with Crippen LogP contribution in [0.25, 0.3) is 10.9 Å². The zero-order chi connectivity index (χ0) is 26.0. The number of benzene rings is 1. The monoisotopic (exact) mass is 488 g/mol. The molecule has 0 bridgehead atoms. The average Bonchev–Trinajstić information content (AvgIpc) is 3.20. The number of nitriles is 1. The van der Waals surface area contributed by atoms with Crippen LogP contribution < -0.4 is 5.32 Å². The Morgan fingerprint density at radius 1 is 1.23 bits per heavy atom. The van der Waals surface area contributed by atoms with Gasteiger partial charge in [-0.3, -0.25) is 4.79 Å². The van der Waals surface area contributed by atoms with Gasteiger partial charge in [0.15, 0.2) is 0 Å². The van der Waals surface area contributed by atoms with Crippen molar-refractivity contribution in [3.05, 3.63) is 41.3 Å². The van der Waals surface area contributed by atoms with E-state index in [0.717, 1.165) is 10.8 Å². The number of aromatic carboxylic acids is 1. The number of aromatic nitrogens is 2. The van der Waals surface area contributed by atoms with Crippen LogP contribution in [0.15, 0.2) is 30.0 Å². The van der Waals surface area contributed by atoms with Gasteiger partial charge in [0, 0.05) is 11.3 Å². The molecule has 0 radical (unpaired) electrons. The second-order valence-electron chi connectivity index (χ2n) is 8.28. The molecule has 6 N–H and O–H groups in total. The van der Waals surface area contributed by atoms with Crippen LogP contribution in [-0.2, 0) is 14.3 Å². The second kappa shape index (κ2) is 10.1. The van der Waals surface area contributed by atoms with Crippen molar-refractivity contribution < 1.29 is 44.7 Å². The summed E-state index contributed by atoms with van der Waals surface area (Å²) >= 11 is 0. The number of aliphatic hydroxyl groups is 3. The molecule has 2 aromatic rings. The first-order chi connectivity index (χ1) is 16.5. The number of carbonyl (C=O) groups is 3. The number of ether oxygens (including phenoxy) is 1. The van der Waals surface area contributed by atoms with Crippen molar-refractivity contribution in [3.8, 4) is 6.07 Å². The van der Waals surface area contributed by atoms with Crippen molar-refractivity contribution in [3.63, 3.8) is 0 Å². The molecule has 0 saturated heterocycles. The molecule has 186 valence electrons. The average molecular weight is 488 g/mol. The van der Waals surface area contributed by atoms with Crippen molar-refractivity contribution in [1.29, 1.82) is 5.26 Å². The van der Waals surface area contributed by atoms with Crippen LogP contribution in [0.1, 0.15) is 35.9 Å². The van der Waals surface area contributed by atoms with Crippen LogP contribution in [0, 0.1) is 17.2 Å². The first-order valence-corrected chi connectivity index (χ1v) is 10.5. The van der Waals surface area contributed by atoms with E-state index >= 15 is 0 Å². The van der Waals surface area contributed by atoms with Gasteiger partial charge in [-0.1, -0.05) is 13.8 Å². The van der Waals surface area contributed by atoms with Crippen LogP contribution in [-0.4, -0.2) is 84.1 Å². The Bertz CT molecular complexity index is 1230. The predicted octanol–water partition coefficient (Wildman–Crippen LogP) is -0.631. The number of amides is 1. The molecule has 1 aliphatic heterocycles. The number of nitrogens with one attached hydrogen (secondary N) is 1. The number of rotatable bonds is 8. The number of aliphatic carboxylic acids is 1. The van der Waals surface area contributed by atoms with Crippen molar-refractivity contribution in [2.45, 2.75) is 44.2 Å². The Kier molecular flexibility index (Phi) is 7.39. The van der Waals surface area contributed by atoms with E-state index in [1.807, 2.05) is 6.07 Å². The van der Waals surface area contributed by atoms with Crippen LogP contribution >= 0.6 is 0 Å². The normalized spacial score (nSPS) is 21.5. The van der Waals surface area contributed by atoms with Crippen LogP contribution in [0.5, 0.6) is 0 Å². The maximum atomic E-state index is 12.6. The van der Waals surface area contributed by atoms with Gasteiger partial charge in [0.05, 0.1) is 29.8 Å². The fourth-order valence-corrected chi connectivity index (χ4v) is 3.73. The number of hydrogen-bond acceptors (Lipinski definition) is 9. The highest BCUT2D eigenvalue weighted by Gasteiger charge is 2.45. The Balaban J connectivity index is 2.25. The summed E-state index contributed by atoms with van der Waals surface area (Å²) in [6.45, 7) is 2.31. The predicted molar refractivity (Wildman–Crippen MR) is 117 cm³/mol. The molecule has 1 amide bonds. The lowest BCUT2D eigenvalue weighted by Gasteiger charge is -2.40. The molecule has 0 unspecified atom stereocenters. The number of aliphatic hydroxyl groups excluding tert-OH is 3. The van der Waals surface area contributed by atoms with Gasteiger partial charge in [0.25, 0.3) is 0 Å². The molecular weight excluding hydrogens is 464 g/mol. The van der Waals surface area contributed by atoms with Crippen LogP contribution in [0.3, 0.4) is 0 Å². The van der Waals surface area contributed by atoms with E-state index < -0.39 is 66.5 Å². The van der Waals surface area contributed by atoms with Crippen molar-refractivity contribution in [1.82, 2.24) is 15.1 Å². The van der Waals surface area contributed by atoms with Gasteiger partial charge < -0.3 is 35.6 Å². The zero-order valence-corrected chi connectivity index (χ0v) is 18.7. The first-order valence-electron chi connectivity index (χ1n) is 10.5. The van der Waals surface area contributed by atoms with E-state index in [-0.39, 0.29) is 22.2 Å². The summed E-state index contributed by atoms with van der Waals surface area (Å²) in [5.74, 6) is -4.44. The van der Waals surface area contributed by atoms with Gasteiger partial charge in [-0.2, -0.15) is 10.4 Å². The van der Waals surface area contributed by atoms with Crippen LogP contribution in [0.4, 0.5) is 0 Å². The van der Waals surface area contributed by atoms with E-state index in [1.54, 1.807) is 13.8 Å². The number of nitrogens with zero attached hydrogens (tertiary/aromatic N) is 3. The lowest BCUT2D eigenvalue weighted by Crippen LogP contribution is -2.59. The molecule has 3 rings (SSSR count). The van der Waals surface area contributed by atoms with Gasteiger partial charge in [0.1, 0.15) is 30.1 Å². The third-order valence-electron chi connectivity index (χ3n) is 5.60. The summed E-state index contributed by atoms with van der Waals surface area (Å²) in [5, 5.41) is 65.9. The first kappa shape index (κ1) is 25.6. The number of carboxylic acid groups (broad SMARTS) is 2. The minimum Gasteiger partial charge on any atom is -0.478 e. The Labute approximate surface area is 198 Å². The molecule has 1 aromatic heterocycles. The van der Waals surface area contributed by atoms with Gasteiger partial charge in [-0.25, -0.2) is 14.3 Å². The maximum Gasteiger partial charge on any atom is 0.370 e. The summed E-state index contributed by atoms with van der Waals surface area (Å²) in [5.41, 5.74) is -0.00759. The summed E-state index contributed by atoms with van der Waals surface area (Å²) in [4.78, 5) is 35.8. The fraction of sp³-hybridized carbons (Fsp3) is 0.409. The van der Waals surface area contributed by atoms with Gasteiger partial charge in [-0.05, 0) is 24.3 Å². The minimum atomic E-state index is -1.84. The highest BCUT2D eigenvalue weighted by Crippen LogP contribution is 2.33. The summed E-state index contributed by atoms with van der Waals surface area (Å²) in [6.07, 6.45) is -4.04. The second-order valence-corrected chi connectivity index (χ2v) is 8.28. The molecule has 0 aliphatic carbocycles. The summed E-state index contributed by atoms with van der Waals surface area (Å²) < 4.78 is 6.51. The number of hydrogen-bond donors (Lipinski definition) is 6. The third-order valence-corrected chi connectivity index (χ3v) is 5.60. The number of carboxylic acids is 2. The largest absolute Gasteiger partial charge is 0.478 e. The number of fused-ring (bicyclic) bond motifs is 1. The fourth-order valence-electron chi connectivity index (χ4n) is 3.73. The van der Waals surface area contributed by atoms with Crippen molar-refractivity contribution in [2.24, 2.45) is 5.92 Å². The van der Waals surface area contributed by atoms with Gasteiger partial charge >= 0.3 is 11.9 Å². The molecule has 1 aromatic carbocycles. The molecule has 35 heavy (non-hydrogen) atoms. The highest BCUT2D eigenvalue weighted by atomic mass is 16.5. The van der Waals surface area contributed by atoms with E-state index in [1.165, 1.54) is 18.2 Å². The zero-order valence-electron chi connectivity index (χ0n) is 18.7. The van der Waals surface area contributed by atoms with E-state index in [2.05, 4.69) is 10.4 Å². The lowest BCUT2D eigenvalue weighted by atomic mass is 9.91. The lowest BCUT2D eigenvalue weighted by molar-refractivity contribution is -0.147. The molecule has 0 fully saturated rings. The van der Waals surface area contributed by atoms with Gasteiger partial charge in [0.2, 0.25) is 11.7 Å². The molecule has 13 heteroatoms. The smallest absolute Gasteiger partial charge is 0.370 e. The molecule has 0 saturated carbocycles. The number of carbonyl (C=O) groups excluding carboxylic acids is 1. The summed E-state index contributed by atoms with van der Waals surface area (Å²) in [6, 6.07) is 3.37. The molecule has 2 heterocycles. The van der Waals surface area contributed by atoms with Gasteiger partial charge in [-0.15, -0.1) is 0 Å². The topological polar surface area (TPSA) is 215 Å².